The number of rotatable bonds is 6. The summed E-state index contributed by atoms with van der Waals surface area (Å²) in [4.78, 5) is 30.7. The second-order valence-electron chi connectivity index (χ2n) is 9.16. The average Bonchev–Trinajstić information content (AvgIpc) is 3.51. The first kappa shape index (κ1) is 23.6. The summed E-state index contributed by atoms with van der Waals surface area (Å²) in [5.74, 6) is 0.937. The zero-order chi connectivity index (χ0) is 24.7. The predicted molar refractivity (Wildman–Crippen MR) is 136 cm³/mol. The van der Waals surface area contributed by atoms with Crippen LogP contribution in [-0.2, 0) is 33.6 Å². The van der Waals surface area contributed by atoms with Gasteiger partial charge in [-0.3, -0.25) is 14.9 Å². The predicted octanol–water partition coefficient (Wildman–Crippen LogP) is 5.72. The number of esters is 1. The molecule has 2 aromatic heterocycles. The van der Waals surface area contributed by atoms with E-state index in [-0.39, 0.29) is 17.8 Å². The van der Waals surface area contributed by atoms with Gasteiger partial charge in [0, 0.05) is 39.5 Å². The van der Waals surface area contributed by atoms with E-state index in [0.29, 0.717) is 18.2 Å². The number of nitrogens with zero attached hydrogens (tertiary/aromatic N) is 1. The number of amides is 1. The number of nitrogens with one attached hydrogen (secondary N) is 1. The van der Waals surface area contributed by atoms with Crippen LogP contribution in [0.3, 0.4) is 0 Å². The van der Waals surface area contributed by atoms with Gasteiger partial charge in [0.15, 0.2) is 5.13 Å². The first-order valence-corrected chi connectivity index (χ1v) is 13.0. The molecule has 0 spiro atoms. The van der Waals surface area contributed by atoms with Crippen molar-refractivity contribution in [3.05, 3.63) is 45.2 Å². The Morgan fingerprint density at radius 2 is 2.09 bits per heavy atom. The highest BCUT2D eigenvalue weighted by Crippen LogP contribution is 2.41. The summed E-state index contributed by atoms with van der Waals surface area (Å²) in [6.45, 7) is 6.06. The molecule has 0 aliphatic heterocycles. The standard InChI is InChI=1S/C27H30N2O5S/c1-5-33-26(31)17-10-11-21-23(17)29-27(35-21)28-22(30)12-14(2)18-13-19-16-8-6-7-9-20(16)34-25(19)15(3)24(18)32-4/h12-13,17H,5-11H2,1-4H3,(H,28,29,30)/b14-12+. The van der Waals surface area contributed by atoms with Crippen LogP contribution >= 0.6 is 11.3 Å². The van der Waals surface area contributed by atoms with Gasteiger partial charge in [-0.15, -0.1) is 11.3 Å². The Morgan fingerprint density at radius 1 is 1.29 bits per heavy atom. The number of aromatic nitrogens is 1. The van der Waals surface area contributed by atoms with Crippen LogP contribution in [0.25, 0.3) is 16.5 Å². The summed E-state index contributed by atoms with van der Waals surface area (Å²) in [6, 6.07) is 2.09. The third-order valence-corrected chi connectivity index (χ3v) is 7.97. The number of furan rings is 1. The van der Waals surface area contributed by atoms with Gasteiger partial charge < -0.3 is 13.9 Å². The van der Waals surface area contributed by atoms with Crippen molar-refractivity contribution < 1.29 is 23.5 Å². The van der Waals surface area contributed by atoms with Crippen molar-refractivity contribution in [2.45, 2.75) is 65.2 Å². The molecule has 0 bridgehead atoms. The monoisotopic (exact) mass is 494 g/mol. The molecule has 0 radical (unpaired) electrons. The van der Waals surface area contributed by atoms with E-state index in [9.17, 15) is 9.59 Å². The Bertz CT molecular complexity index is 1350. The fraction of sp³-hybridized carbons (Fsp3) is 0.444. The molecule has 1 atom stereocenters. The minimum atomic E-state index is -0.344. The van der Waals surface area contributed by atoms with Crippen LogP contribution in [0.2, 0.25) is 0 Å². The zero-order valence-electron chi connectivity index (χ0n) is 20.6. The van der Waals surface area contributed by atoms with Gasteiger partial charge in [0.25, 0.3) is 0 Å². The molecule has 3 aromatic rings. The van der Waals surface area contributed by atoms with E-state index < -0.39 is 0 Å². The first-order chi connectivity index (χ1) is 16.9. The lowest BCUT2D eigenvalue weighted by atomic mass is 9.93. The van der Waals surface area contributed by atoms with Gasteiger partial charge in [0.1, 0.15) is 23.0 Å². The van der Waals surface area contributed by atoms with Gasteiger partial charge in [-0.05, 0) is 64.5 Å². The smallest absolute Gasteiger partial charge is 0.315 e. The minimum absolute atomic E-state index is 0.246. The Balaban J connectivity index is 1.41. The van der Waals surface area contributed by atoms with E-state index in [0.717, 1.165) is 81.9 Å². The number of ether oxygens (including phenoxy) is 2. The molecule has 0 fully saturated rings. The van der Waals surface area contributed by atoms with Gasteiger partial charge in [-0.25, -0.2) is 4.98 Å². The van der Waals surface area contributed by atoms with Crippen LogP contribution in [0.1, 0.15) is 72.0 Å². The van der Waals surface area contributed by atoms with Crippen molar-refractivity contribution in [3.8, 4) is 5.75 Å². The summed E-state index contributed by atoms with van der Waals surface area (Å²) in [7, 11) is 1.64. The summed E-state index contributed by atoms with van der Waals surface area (Å²) >= 11 is 1.42. The molecule has 2 aliphatic rings. The molecular weight excluding hydrogens is 464 g/mol. The molecule has 1 N–H and O–H groups in total. The molecule has 1 aromatic carbocycles. The number of benzene rings is 1. The molecule has 1 unspecified atom stereocenters. The van der Waals surface area contributed by atoms with Gasteiger partial charge in [0.05, 0.1) is 19.4 Å². The lowest BCUT2D eigenvalue weighted by Crippen LogP contribution is -2.14. The van der Waals surface area contributed by atoms with Crippen molar-refractivity contribution in [1.82, 2.24) is 4.98 Å². The van der Waals surface area contributed by atoms with Crippen LogP contribution < -0.4 is 10.1 Å². The van der Waals surface area contributed by atoms with E-state index >= 15 is 0 Å². The van der Waals surface area contributed by atoms with Gasteiger partial charge in [-0.2, -0.15) is 0 Å². The molecular formula is C27H30N2O5S. The molecule has 0 saturated heterocycles. The topological polar surface area (TPSA) is 90.7 Å². The third kappa shape index (κ3) is 4.24. The van der Waals surface area contributed by atoms with Crippen LogP contribution in [0, 0.1) is 6.92 Å². The molecule has 5 rings (SSSR count). The summed E-state index contributed by atoms with van der Waals surface area (Å²) in [5, 5.41) is 4.49. The number of carbonyl (C=O) groups is 2. The van der Waals surface area contributed by atoms with Crippen molar-refractivity contribution >= 4 is 44.9 Å². The molecule has 35 heavy (non-hydrogen) atoms. The maximum atomic E-state index is 12.9. The Kier molecular flexibility index (Phi) is 6.40. The highest BCUT2D eigenvalue weighted by Gasteiger charge is 2.33. The molecule has 0 saturated carbocycles. The second kappa shape index (κ2) is 9.49. The van der Waals surface area contributed by atoms with Crippen LogP contribution in [-0.4, -0.2) is 30.6 Å². The highest BCUT2D eigenvalue weighted by molar-refractivity contribution is 7.16. The zero-order valence-corrected chi connectivity index (χ0v) is 21.4. The van der Waals surface area contributed by atoms with Crippen molar-refractivity contribution in [2.75, 3.05) is 19.0 Å². The van der Waals surface area contributed by atoms with E-state index in [2.05, 4.69) is 16.4 Å². The number of carbonyl (C=O) groups excluding carboxylic acids is 2. The number of hydrogen-bond donors (Lipinski definition) is 1. The van der Waals surface area contributed by atoms with Crippen LogP contribution in [0.4, 0.5) is 5.13 Å². The summed E-state index contributed by atoms with van der Waals surface area (Å²) in [5.41, 5.74) is 5.52. The highest BCUT2D eigenvalue weighted by atomic mass is 32.1. The van der Waals surface area contributed by atoms with Crippen molar-refractivity contribution in [3.63, 3.8) is 0 Å². The molecule has 2 aliphatic carbocycles. The molecule has 2 heterocycles. The Labute approximate surface area is 208 Å². The number of hydrogen-bond acceptors (Lipinski definition) is 7. The second-order valence-corrected chi connectivity index (χ2v) is 10.2. The Morgan fingerprint density at radius 3 is 2.86 bits per heavy atom. The molecule has 184 valence electrons. The molecule has 1 amide bonds. The number of thiazole rings is 1. The number of methoxy groups -OCH3 is 1. The number of fused-ring (bicyclic) bond motifs is 4. The SMILES string of the molecule is CCOC(=O)C1CCc2sc(NC(=O)/C=C(\C)c3cc4c5c(oc4c(C)c3OC)CCCC5)nc21. The van der Waals surface area contributed by atoms with E-state index in [1.54, 1.807) is 20.1 Å². The van der Waals surface area contributed by atoms with Crippen molar-refractivity contribution in [1.29, 1.82) is 0 Å². The number of allylic oxidation sites excluding steroid dienone is 1. The van der Waals surface area contributed by atoms with Crippen LogP contribution in [0.15, 0.2) is 16.6 Å². The van der Waals surface area contributed by atoms with Gasteiger partial charge >= 0.3 is 5.97 Å². The molecule has 8 heteroatoms. The Hall–Kier alpha value is -3.13. The third-order valence-electron chi connectivity index (χ3n) is 6.92. The largest absolute Gasteiger partial charge is 0.496 e. The fourth-order valence-electron chi connectivity index (χ4n) is 5.26. The number of anilines is 1. The van der Waals surface area contributed by atoms with Gasteiger partial charge in [-0.1, -0.05) is 0 Å². The lowest BCUT2D eigenvalue weighted by molar-refractivity contribution is -0.145. The maximum Gasteiger partial charge on any atom is 0.315 e. The quantitative estimate of drug-likeness (QED) is 0.348. The van der Waals surface area contributed by atoms with E-state index in [4.69, 9.17) is 13.9 Å². The summed E-state index contributed by atoms with van der Waals surface area (Å²) < 4.78 is 17.1. The normalized spacial score (nSPS) is 17.3. The maximum absolute atomic E-state index is 12.9. The van der Waals surface area contributed by atoms with Gasteiger partial charge in [0.2, 0.25) is 5.91 Å². The minimum Gasteiger partial charge on any atom is -0.496 e. The lowest BCUT2D eigenvalue weighted by Gasteiger charge is -2.13. The number of aryl methyl sites for hydroxylation is 4. The summed E-state index contributed by atoms with van der Waals surface area (Å²) in [6.07, 6.45) is 7.34. The molecule has 7 nitrogen and oxygen atoms in total. The van der Waals surface area contributed by atoms with E-state index in [1.807, 2.05) is 13.8 Å². The fourth-order valence-corrected chi connectivity index (χ4v) is 6.30. The first-order valence-electron chi connectivity index (χ1n) is 12.2. The van der Waals surface area contributed by atoms with Crippen LogP contribution in [0.5, 0.6) is 5.75 Å². The average molecular weight is 495 g/mol. The van der Waals surface area contributed by atoms with Crippen molar-refractivity contribution in [2.24, 2.45) is 0 Å². The van der Waals surface area contributed by atoms with E-state index in [1.165, 1.54) is 16.9 Å².